The summed E-state index contributed by atoms with van der Waals surface area (Å²) in [6, 6.07) is 13.0. The smallest absolute Gasteiger partial charge is 0.350 e. The molecule has 0 spiro atoms. The molecule has 1 unspecified atom stereocenters. The molecular formula is C31H30N2O9S. The van der Waals surface area contributed by atoms with E-state index >= 15 is 0 Å². The van der Waals surface area contributed by atoms with Crippen molar-refractivity contribution in [2.75, 3.05) is 25.7 Å². The molecule has 3 aromatic rings. The van der Waals surface area contributed by atoms with Crippen molar-refractivity contribution in [3.8, 4) is 11.5 Å². The van der Waals surface area contributed by atoms with Gasteiger partial charge in [0.05, 0.1) is 31.5 Å². The molecule has 12 heteroatoms. The van der Waals surface area contributed by atoms with Crippen molar-refractivity contribution in [2.45, 2.75) is 19.9 Å². The van der Waals surface area contributed by atoms with Crippen LogP contribution in [-0.2, 0) is 19.1 Å². The number of amides is 1. The molecule has 0 aliphatic carbocycles. The number of benzene rings is 2. The van der Waals surface area contributed by atoms with Crippen molar-refractivity contribution in [1.29, 1.82) is 0 Å². The maximum absolute atomic E-state index is 13.5. The van der Waals surface area contributed by atoms with E-state index in [9.17, 15) is 19.5 Å². The van der Waals surface area contributed by atoms with Gasteiger partial charge in [0.2, 0.25) is 0 Å². The summed E-state index contributed by atoms with van der Waals surface area (Å²) < 4.78 is 15.9. The van der Waals surface area contributed by atoms with Gasteiger partial charge in [0, 0.05) is 6.92 Å². The second kappa shape index (κ2) is 14.6. The number of carbonyl (C=O) groups is 4. The van der Waals surface area contributed by atoms with E-state index in [-0.39, 0.29) is 22.2 Å². The van der Waals surface area contributed by atoms with Gasteiger partial charge in [-0.15, -0.1) is 0 Å². The Morgan fingerprint density at radius 1 is 1.09 bits per heavy atom. The zero-order chi connectivity index (χ0) is 31.7. The van der Waals surface area contributed by atoms with Crippen LogP contribution in [-0.4, -0.2) is 59.7 Å². The Kier molecular flexibility index (Phi) is 11.0. The molecule has 0 saturated heterocycles. The van der Waals surface area contributed by atoms with E-state index in [1.807, 2.05) is 30.3 Å². The molecule has 43 heavy (non-hydrogen) atoms. The summed E-state index contributed by atoms with van der Waals surface area (Å²) in [4.78, 5) is 54.3. The number of aliphatic hydroxyl groups is 1. The van der Waals surface area contributed by atoms with E-state index in [0.29, 0.717) is 22.8 Å². The highest BCUT2D eigenvalue weighted by molar-refractivity contribution is 7.17. The first-order chi connectivity index (χ1) is 20.5. The van der Waals surface area contributed by atoms with Crippen LogP contribution in [0.1, 0.15) is 39.5 Å². The zero-order valence-electron chi connectivity index (χ0n) is 23.9. The lowest BCUT2D eigenvalue weighted by molar-refractivity contribution is -0.134. The first-order valence-corrected chi connectivity index (χ1v) is 13.6. The monoisotopic (exact) mass is 606 g/mol. The van der Waals surface area contributed by atoms with Crippen LogP contribution in [0, 0.1) is 6.92 Å². The number of aliphatic hydroxyl groups excluding tert-OH is 1. The number of nitrogens with zero attached hydrogens (tertiary/aromatic N) is 2. The first kappa shape index (κ1) is 32.3. The van der Waals surface area contributed by atoms with Crippen LogP contribution in [0.4, 0.5) is 5.13 Å². The highest BCUT2D eigenvalue weighted by Crippen LogP contribution is 2.44. The largest absolute Gasteiger partial charge is 0.503 e. The quantitative estimate of drug-likeness (QED) is 0.181. The molecule has 0 fully saturated rings. The lowest BCUT2D eigenvalue weighted by atomic mass is 9.95. The Balaban J connectivity index is 0.00000119. The maximum Gasteiger partial charge on any atom is 0.350 e. The summed E-state index contributed by atoms with van der Waals surface area (Å²) >= 11 is 0.923. The van der Waals surface area contributed by atoms with Gasteiger partial charge in [-0.3, -0.25) is 19.3 Å². The summed E-state index contributed by atoms with van der Waals surface area (Å²) in [5.41, 5.74) is 1.44. The number of ether oxygens (including phenoxy) is 3. The van der Waals surface area contributed by atoms with E-state index in [0.717, 1.165) is 23.8 Å². The van der Waals surface area contributed by atoms with Crippen LogP contribution >= 0.6 is 11.3 Å². The van der Waals surface area contributed by atoms with Crippen LogP contribution in [0.3, 0.4) is 0 Å². The molecule has 1 amide bonds. The molecule has 2 aromatic carbocycles. The fourth-order valence-corrected chi connectivity index (χ4v) is 5.08. The number of rotatable bonds is 10. The summed E-state index contributed by atoms with van der Waals surface area (Å²) in [5, 5.41) is 18.5. The lowest BCUT2D eigenvalue weighted by Crippen LogP contribution is -2.30. The van der Waals surface area contributed by atoms with Gasteiger partial charge in [0.15, 0.2) is 28.2 Å². The van der Waals surface area contributed by atoms with Gasteiger partial charge < -0.3 is 24.4 Å². The maximum atomic E-state index is 13.5. The van der Waals surface area contributed by atoms with Crippen LogP contribution in [0.15, 0.2) is 78.6 Å². The van der Waals surface area contributed by atoms with Crippen molar-refractivity contribution in [3.05, 3.63) is 100 Å². The number of carboxylic acids is 1. The molecule has 224 valence electrons. The predicted molar refractivity (Wildman–Crippen MR) is 161 cm³/mol. The molecule has 1 aliphatic rings. The van der Waals surface area contributed by atoms with E-state index in [1.54, 1.807) is 31.2 Å². The van der Waals surface area contributed by atoms with Crippen LogP contribution < -0.4 is 14.4 Å². The number of ketones is 1. The predicted octanol–water partition coefficient (Wildman–Crippen LogP) is 5.08. The Morgan fingerprint density at radius 2 is 1.74 bits per heavy atom. The second-order valence-corrected chi connectivity index (χ2v) is 9.86. The molecule has 2 N–H and O–H groups in total. The zero-order valence-corrected chi connectivity index (χ0v) is 24.7. The van der Waals surface area contributed by atoms with Crippen LogP contribution in [0.2, 0.25) is 0 Å². The summed E-state index contributed by atoms with van der Waals surface area (Å²) in [7, 11) is 2.95. The minimum absolute atomic E-state index is 0.0111. The number of hydrogen-bond acceptors (Lipinski definition) is 10. The van der Waals surface area contributed by atoms with Crippen molar-refractivity contribution in [2.24, 2.45) is 0 Å². The number of methoxy groups -OCH3 is 2. The topological polar surface area (TPSA) is 153 Å². The number of aromatic nitrogens is 1. The van der Waals surface area contributed by atoms with E-state index < -0.39 is 35.4 Å². The molecule has 2 heterocycles. The molecular weight excluding hydrogens is 576 g/mol. The number of thiazole rings is 1. The van der Waals surface area contributed by atoms with E-state index in [2.05, 4.69) is 11.6 Å². The van der Waals surface area contributed by atoms with Gasteiger partial charge in [-0.2, -0.15) is 0 Å². The van der Waals surface area contributed by atoms with Gasteiger partial charge in [-0.1, -0.05) is 66.5 Å². The minimum atomic E-state index is -1.06. The Labute approximate surface area is 252 Å². The van der Waals surface area contributed by atoms with Crippen LogP contribution in [0.25, 0.3) is 6.08 Å². The number of carboxylic acid groups (broad SMARTS) is 1. The third kappa shape index (κ3) is 7.54. The van der Waals surface area contributed by atoms with Crippen molar-refractivity contribution < 1.29 is 43.6 Å². The number of aliphatic carboxylic acids is 1. The van der Waals surface area contributed by atoms with Crippen molar-refractivity contribution in [1.82, 2.24) is 4.98 Å². The fraction of sp³-hybridized carbons (Fsp3) is 0.194. The molecule has 0 saturated carbocycles. The van der Waals surface area contributed by atoms with Crippen molar-refractivity contribution in [3.63, 3.8) is 0 Å². The Morgan fingerprint density at radius 3 is 2.35 bits per heavy atom. The number of aryl methyl sites for hydroxylation is 1. The second-order valence-electron chi connectivity index (χ2n) is 8.88. The third-order valence-corrected chi connectivity index (χ3v) is 7.07. The highest BCUT2D eigenvalue weighted by atomic mass is 32.1. The lowest BCUT2D eigenvalue weighted by Gasteiger charge is -2.25. The number of esters is 1. The van der Waals surface area contributed by atoms with Gasteiger partial charge in [0.1, 0.15) is 11.5 Å². The Bertz CT molecular complexity index is 1590. The number of hydrogen-bond donors (Lipinski definition) is 2. The molecule has 1 aliphatic heterocycles. The third-order valence-electron chi connectivity index (χ3n) is 5.93. The van der Waals surface area contributed by atoms with E-state index in [1.165, 1.54) is 31.3 Å². The summed E-state index contributed by atoms with van der Waals surface area (Å²) in [6.07, 6.45) is 4.34. The average molecular weight is 607 g/mol. The fourth-order valence-electron chi connectivity index (χ4n) is 4.09. The average Bonchev–Trinajstić information content (AvgIpc) is 3.50. The van der Waals surface area contributed by atoms with Crippen LogP contribution in [0.5, 0.6) is 11.5 Å². The van der Waals surface area contributed by atoms with Crippen molar-refractivity contribution >= 4 is 46.2 Å². The molecule has 1 aromatic heterocycles. The van der Waals surface area contributed by atoms with E-state index in [4.69, 9.17) is 24.1 Å². The molecule has 0 radical (unpaired) electrons. The van der Waals surface area contributed by atoms with Gasteiger partial charge in [-0.05, 0) is 36.3 Å². The number of carbonyl (C=O) groups excluding carboxylic acids is 3. The minimum Gasteiger partial charge on any atom is -0.503 e. The first-order valence-electron chi connectivity index (χ1n) is 12.7. The molecule has 11 nitrogen and oxygen atoms in total. The summed E-state index contributed by atoms with van der Waals surface area (Å²) in [6.45, 7) is 6.24. The standard InChI is InChI=1S/C29H26N2O7S.C2H4O2/c1-5-15-38-28(35)26-17(2)30-29(39-26)31-24(19-12-14-21(36-3)22(16-19)37-4)23(25(33)27(31)34)20(32)13-11-18-9-7-6-8-10-18;1-2(3)4/h5-14,16,24,33H,1,15H2,2-4H3;1H3,(H,3,4). The van der Waals surface area contributed by atoms with Gasteiger partial charge >= 0.3 is 5.97 Å². The summed E-state index contributed by atoms with van der Waals surface area (Å²) in [5.74, 6) is -2.74. The number of allylic oxidation sites excluding steroid dienone is 1. The van der Waals surface area contributed by atoms with Gasteiger partial charge in [0.25, 0.3) is 11.9 Å². The number of anilines is 1. The molecule has 0 bridgehead atoms. The molecule has 1 atom stereocenters. The SMILES string of the molecule is C=CCOC(=O)c1sc(N2C(=O)C(O)=C(C(=O)C=Cc3ccccc3)C2c2ccc(OC)c(OC)c2)nc1C.CC(=O)O. The Hall–Kier alpha value is -5.23. The molecule has 4 rings (SSSR count). The normalized spacial score (nSPS) is 14.3. The van der Waals surface area contributed by atoms with Gasteiger partial charge in [-0.25, -0.2) is 9.78 Å². The highest BCUT2D eigenvalue weighted by Gasteiger charge is 2.45.